The van der Waals surface area contributed by atoms with E-state index < -0.39 is 262 Å². The summed E-state index contributed by atoms with van der Waals surface area (Å²) in [5.41, 5.74) is -6.89. The molecule has 30 heteroatoms. The number of esters is 3. The first-order chi connectivity index (χ1) is 43.5. The van der Waals surface area contributed by atoms with E-state index in [9.17, 15) is 86.2 Å². The minimum absolute atomic E-state index is 0.0693. The monoisotopic (exact) mass is 1330 g/mol. The molecule has 0 unspecified atom stereocenters. The number of carbonyl (C=O) groups is 3. The third-order valence-corrected chi connectivity index (χ3v) is 24.0. The lowest BCUT2D eigenvalue weighted by molar-refractivity contribution is -0.377. The van der Waals surface area contributed by atoms with Crippen molar-refractivity contribution in [3.8, 4) is 0 Å². The van der Waals surface area contributed by atoms with Crippen LogP contribution in [0.4, 0.5) is 0 Å². The maximum absolute atomic E-state index is 15.7. The van der Waals surface area contributed by atoms with Crippen LogP contribution in [-0.2, 0) is 71.2 Å². The summed E-state index contributed by atoms with van der Waals surface area (Å²) in [7, 11) is 0. The van der Waals surface area contributed by atoms with Crippen molar-refractivity contribution in [3.05, 3.63) is 11.6 Å². The second-order valence-corrected chi connectivity index (χ2v) is 30.6. The highest BCUT2D eigenvalue weighted by atomic mass is 16.8. The molecule has 12 heterocycles. The summed E-state index contributed by atoms with van der Waals surface area (Å²) in [6, 6.07) is 0. The second kappa shape index (κ2) is 26.0. The van der Waals surface area contributed by atoms with Crippen LogP contribution in [0.15, 0.2) is 11.6 Å². The zero-order valence-electron chi connectivity index (χ0n) is 53.7. The molecule has 0 amide bonds. The Hall–Kier alpha value is -2.81. The first-order valence-corrected chi connectivity index (χ1v) is 32.7. The Morgan fingerprint density at radius 3 is 1.90 bits per heavy atom. The van der Waals surface area contributed by atoms with Gasteiger partial charge in [0.1, 0.15) is 84.8 Å². The molecule has 12 fully saturated rings. The van der Waals surface area contributed by atoms with Gasteiger partial charge in [0.2, 0.25) is 6.29 Å². The van der Waals surface area contributed by atoms with Crippen molar-refractivity contribution in [1.82, 2.24) is 0 Å². The van der Waals surface area contributed by atoms with Gasteiger partial charge in [0, 0.05) is 5.41 Å². The summed E-state index contributed by atoms with van der Waals surface area (Å²) >= 11 is 0. The summed E-state index contributed by atoms with van der Waals surface area (Å²) in [6.07, 6.45) is -41.1. The number of hydrogen-bond donors (Lipinski definition) is 15. The van der Waals surface area contributed by atoms with E-state index in [1.54, 1.807) is 6.92 Å². The second-order valence-electron chi connectivity index (χ2n) is 30.6. The highest BCUT2D eigenvalue weighted by Crippen LogP contribution is 2.76. The molecule has 4 saturated carbocycles. The van der Waals surface area contributed by atoms with Gasteiger partial charge in [-0.1, -0.05) is 53.2 Å². The first kappa shape index (κ1) is 71.5. The molecule has 0 aromatic heterocycles. The van der Waals surface area contributed by atoms with Crippen LogP contribution >= 0.6 is 0 Å². The zero-order chi connectivity index (χ0) is 67.8. The fraction of sp³-hybridized carbons (Fsp3) is 0.921. The zero-order valence-corrected chi connectivity index (χ0v) is 53.7. The van der Waals surface area contributed by atoms with Crippen molar-refractivity contribution in [2.75, 3.05) is 33.0 Å². The van der Waals surface area contributed by atoms with Crippen LogP contribution in [0.25, 0.3) is 0 Å². The molecule has 12 bridgehead atoms. The minimum atomic E-state index is -2.31. The fourth-order valence-electron chi connectivity index (χ4n) is 18.6. The van der Waals surface area contributed by atoms with E-state index in [1.807, 2.05) is 0 Å². The summed E-state index contributed by atoms with van der Waals surface area (Å²) in [4.78, 5) is 43.1. The van der Waals surface area contributed by atoms with Crippen LogP contribution in [-0.4, -0.2) is 287 Å². The first-order valence-electron chi connectivity index (χ1n) is 32.7. The Morgan fingerprint density at radius 2 is 1.22 bits per heavy atom. The largest absolute Gasteiger partial charge is 0.457 e. The predicted molar refractivity (Wildman–Crippen MR) is 308 cm³/mol. The minimum Gasteiger partial charge on any atom is -0.457 e. The third-order valence-electron chi connectivity index (χ3n) is 24.0. The Labute approximate surface area is 537 Å². The van der Waals surface area contributed by atoms with Crippen LogP contribution in [0.1, 0.15) is 120 Å². The molecule has 17 aliphatic rings. The number of hydrogen-bond acceptors (Lipinski definition) is 30. The van der Waals surface area contributed by atoms with Crippen LogP contribution in [0.5, 0.6) is 0 Å². The van der Waals surface area contributed by atoms with Crippen molar-refractivity contribution < 1.29 is 148 Å². The van der Waals surface area contributed by atoms with Crippen molar-refractivity contribution in [1.29, 1.82) is 0 Å². The van der Waals surface area contributed by atoms with Gasteiger partial charge in [-0.25, -0.2) is 0 Å². The normalized spacial score (nSPS) is 54.8. The van der Waals surface area contributed by atoms with Crippen molar-refractivity contribution in [3.63, 3.8) is 0 Å². The van der Waals surface area contributed by atoms with Crippen molar-refractivity contribution >= 4 is 17.9 Å². The summed E-state index contributed by atoms with van der Waals surface area (Å²) < 4.78 is 72.0. The smallest absolute Gasteiger partial charge is 0.317 e. The van der Waals surface area contributed by atoms with Gasteiger partial charge in [0.25, 0.3) is 0 Å². The molecule has 0 aromatic rings. The SMILES string of the molecule is C[C@@H]1O[C@H]2O[C@H]3[C@@H](OC[C@H](O)[C@@H]3O)OC(=O)[C@]34CCC(C)(C)C[C@H]3C3=CC[C@@H]5[C@@]6(C)C[C@H](O)[C@@H](O[C@@H]7O[C@H](CO)[C@@H](O)[C@H](O)[C@H]7O[C@@H]7OC[C@H](OC(=O)C[C@](C)(O)CC(=O)O[C@@H]1[C@@H](O[C@@H]1OC[C@@H](O)[C@H](O)[C@H]1O)[C@H]2O)[C@H](O)[C@H]7O)[C@@](C)(CO)[C@@H]6CC[C@@]5(C)[C@]3(C)C[C@H]4O. The highest BCUT2D eigenvalue weighted by Gasteiger charge is 2.73. The van der Waals surface area contributed by atoms with Crippen LogP contribution in [0, 0.1) is 50.2 Å². The van der Waals surface area contributed by atoms with Crippen LogP contribution in [0.2, 0.25) is 0 Å². The molecule has 0 radical (unpaired) electrons. The average molecular weight is 1340 g/mol. The van der Waals surface area contributed by atoms with Gasteiger partial charge < -0.3 is 133 Å². The highest BCUT2D eigenvalue weighted by molar-refractivity contribution is 5.80. The quantitative estimate of drug-likeness (QED) is 0.0557. The molecule has 530 valence electrons. The van der Waals surface area contributed by atoms with Gasteiger partial charge in [0.05, 0.1) is 75.9 Å². The number of allylic oxidation sites excluding steroid dienone is 2. The number of aliphatic hydroxyl groups excluding tert-OH is 14. The van der Waals surface area contributed by atoms with E-state index >= 15 is 4.79 Å². The number of ether oxygens (including phenoxy) is 12. The Morgan fingerprint density at radius 1 is 0.570 bits per heavy atom. The van der Waals surface area contributed by atoms with Gasteiger partial charge >= 0.3 is 17.9 Å². The number of carbonyl (C=O) groups excluding carboxylic acids is 3. The maximum Gasteiger partial charge on any atom is 0.317 e. The van der Waals surface area contributed by atoms with E-state index in [1.165, 1.54) is 6.92 Å². The van der Waals surface area contributed by atoms with Gasteiger partial charge in [-0.3, -0.25) is 14.4 Å². The Bertz CT molecular complexity index is 2740. The molecular weight excluding hydrogens is 1240 g/mol. The molecule has 1 spiro atoms. The fourth-order valence-corrected chi connectivity index (χ4v) is 18.6. The summed E-state index contributed by atoms with van der Waals surface area (Å²) in [5.74, 6) is -4.65. The standard InChI is InChI=1S/C63H98O30/c1-25-46-47(89-51-43(77)38(72)29(67)21-82-51)45(79)53(85-25)91-48-39(73)30(68)22-83-54(48)93-56(80)63-14-13-57(2,3)15-27(63)26-9-10-34-59(5)16-28(66)50(60(6,24-65)33(59)11-12-61(34,7)62(26,8)17-35(63)69)92-55-49(42(76)40(74)31(20-64)87-55)90-52-44(78)41(75)32(23-84-52)86-36(70)18-58(4,81)19-37(71)88-46/h9,25,27-35,38-55,64-69,72-79,81H,10-24H2,1-8H3/t25-,27-,28-,29+,30-,31+,32-,33+,34+,35+,38-,39-,40+,41-,42-,43+,44+,45+,46-,47-,48+,49+,50+,51-,52-,53-,54-,55-,58-,59-,60-,61+,62+,63+/m0/s1. The topological polar surface area (TPSA) is 465 Å². The molecular formula is C63H98O30. The van der Waals surface area contributed by atoms with Gasteiger partial charge in [-0.2, -0.15) is 0 Å². The van der Waals surface area contributed by atoms with Gasteiger partial charge in [0.15, 0.2) is 43.5 Å². The van der Waals surface area contributed by atoms with Gasteiger partial charge in [-0.15, -0.1) is 0 Å². The lowest BCUT2D eigenvalue weighted by Gasteiger charge is -2.72. The summed E-state index contributed by atoms with van der Waals surface area (Å²) in [6.45, 7) is 11.5. The summed E-state index contributed by atoms with van der Waals surface area (Å²) in [5, 5.41) is 172. The Balaban J connectivity index is 0.961. The lowest BCUT2D eigenvalue weighted by atomic mass is 9.33. The van der Waals surface area contributed by atoms with E-state index in [0.717, 1.165) is 12.5 Å². The van der Waals surface area contributed by atoms with Crippen molar-refractivity contribution in [2.24, 2.45) is 50.2 Å². The molecule has 5 aliphatic carbocycles. The number of rotatable bonds is 4. The number of aliphatic hydroxyl groups is 15. The van der Waals surface area contributed by atoms with Crippen LogP contribution < -0.4 is 0 Å². The molecule has 93 heavy (non-hydrogen) atoms. The van der Waals surface area contributed by atoms with Gasteiger partial charge in [-0.05, 0) is 105 Å². The molecule has 12 aliphatic heterocycles. The lowest BCUT2D eigenvalue weighted by Crippen LogP contribution is -2.71. The third kappa shape index (κ3) is 12.3. The molecule has 0 aromatic carbocycles. The molecule has 34 atom stereocenters. The molecule has 17 rings (SSSR count). The molecule has 30 nitrogen and oxygen atoms in total. The predicted octanol–water partition coefficient (Wildman–Crippen LogP) is -3.71. The van der Waals surface area contributed by atoms with E-state index in [0.29, 0.717) is 32.1 Å². The average Bonchev–Trinajstić information content (AvgIpc) is 0.671. The maximum atomic E-state index is 15.7. The van der Waals surface area contributed by atoms with Crippen molar-refractivity contribution in [2.45, 2.75) is 279 Å². The molecule has 8 saturated heterocycles. The van der Waals surface area contributed by atoms with E-state index in [-0.39, 0.29) is 30.6 Å². The molecule has 15 N–H and O–H groups in total. The Kier molecular flexibility index (Phi) is 20.0. The van der Waals surface area contributed by atoms with E-state index in [2.05, 4.69) is 40.7 Å². The van der Waals surface area contributed by atoms with Crippen LogP contribution in [0.3, 0.4) is 0 Å². The van der Waals surface area contributed by atoms with E-state index in [4.69, 9.17) is 56.8 Å².